The van der Waals surface area contributed by atoms with Gasteiger partial charge in [0, 0.05) is 19.5 Å². The minimum Gasteiger partial charge on any atom is -0.481 e. The van der Waals surface area contributed by atoms with Crippen LogP contribution in [0.25, 0.3) is 0 Å². The van der Waals surface area contributed by atoms with E-state index in [-0.39, 0.29) is 36.6 Å². The van der Waals surface area contributed by atoms with Crippen molar-refractivity contribution < 1.29 is 24.2 Å². The van der Waals surface area contributed by atoms with E-state index in [0.29, 0.717) is 19.6 Å². The van der Waals surface area contributed by atoms with Gasteiger partial charge in [-0.1, -0.05) is 27.7 Å². The molecule has 2 atom stereocenters. The molecule has 132 valence electrons. The van der Waals surface area contributed by atoms with Gasteiger partial charge in [0.25, 0.3) is 0 Å². The number of carboxylic acids is 1. The van der Waals surface area contributed by atoms with E-state index in [1.54, 1.807) is 4.90 Å². The smallest absolute Gasteiger partial charge is 0.306 e. The average Bonchev–Trinajstić information content (AvgIpc) is 2.42. The highest BCUT2D eigenvalue weighted by atomic mass is 16.5. The van der Waals surface area contributed by atoms with Gasteiger partial charge in [0.1, 0.15) is 6.04 Å². The molecule has 1 heterocycles. The van der Waals surface area contributed by atoms with Crippen LogP contribution in [0.4, 0.5) is 0 Å². The molecule has 2 amide bonds. The molecule has 1 rings (SSSR count). The third-order valence-electron chi connectivity index (χ3n) is 3.70. The molecule has 0 radical (unpaired) electrons. The Morgan fingerprint density at radius 3 is 2.43 bits per heavy atom. The molecule has 7 nitrogen and oxygen atoms in total. The summed E-state index contributed by atoms with van der Waals surface area (Å²) in [5.74, 6) is -1.08. The maximum Gasteiger partial charge on any atom is 0.306 e. The Balaban J connectivity index is 2.69. The average molecular weight is 328 g/mol. The summed E-state index contributed by atoms with van der Waals surface area (Å²) in [4.78, 5) is 37.1. The van der Waals surface area contributed by atoms with E-state index in [9.17, 15) is 14.4 Å². The maximum atomic E-state index is 12.7. The van der Waals surface area contributed by atoms with Crippen LogP contribution in [0.3, 0.4) is 0 Å². The second-order valence-corrected chi connectivity index (χ2v) is 6.76. The van der Waals surface area contributed by atoms with Crippen LogP contribution in [0.2, 0.25) is 0 Å². The van der Waals surface area contributed by atoms with Gasteiger partial charge in [-0.25, -0.2) is 0 Å². The molecule has 2 unspecified atom stereocenters. The van der Waals surface area contributed by atoms with Gasteiger partial charge in [0.15, 0.2) is 0 Å². The summed E-state index contributed by atoms with van der Waals surface area (Å²) in [7, 11) is 0. The molecule has 0 aliphatic carbocycles. The Labute approximate surface area is 137 Å². The number of hydrogen-bond acceptors (Lipinski definition) is 4. The molecule has 2 N–H and O–H groups in total. The first-order chi connectivity index (χ1) is 10.7. The Kier molecular flexibility index (Phi) is 7.48. The van der Waals surface area contributed by atoms with Crippen molar-refractivity contribution in [3.05, 3.63) is 0 Å². The number of nitrogens with zero attached hydrogens (tertiary/aromatic N) is 1. The van der Waals surface area contributed by atoms with E-state index in [0.717, 1.165) is 0 Å². The van der Waals surface area contributed by atoms with Gasteiger partial charge in [-0.05, 0) is 11.8 Å². The maximum absolute atomic E-state index is 12.7. The zero-order valence-electron chi connectivity index (χ0n) is 14.4. The van der Waals surface area contributed by atoms with Crippen molar-refractivity contribution in [3.63, 3.8) is 0 Å². The van der Waals surface area contributed by atoms with Crippen LogP contribution in [-0.4, -0.2) is 59.6 Å². The van der Waals surface area contributed by atoms with Crippen molar-refractivity contribution in [1.29, 1.82) is 0 Å². The second kappa shape index (κ2) is 8.86. The van der Waals surface area contributed by atoms with Crippen molar-refractivity contribution in [3.8, 4) is 0 Å². The lowest BCUT2D eigenvalue weighted by atomic mass is 10.0. The van der Waals surface area contributed by atoms with Gasteiger partial charge in [-0.15, -0.1) is 0 Å². The fourth-order valence-corrected chi connectivity index (χ4v) is 2.55. The Hall–Kier alpha value is -1.63. The normalized spacial score (nSPS) is 19.7. The SMILES string of the molecule is CC(C)CC(=O)NC(C(=O)N1CCOC(CC(=O)O)C1)C(C)C. The van der Waals surface area contributed by atoms with Crippen LogP contribution in [-0.2, 0) is 19.1 Å². The molecule has 0 aromatic rings. The molecule has 0 aromatic carbocycles. The predicted octanol–water partition coefficient (Wildman–Crippen LogP) is 0.875. The molecule has 23 heavy (non-hydrogen) atoms. The minimum absolute atomic E-state index is 0.0422. The lowest BCUT2D eigenvalue weighted by Gasteiger charge is -2.35. The zero-order valence-corrected chi connectivity index (χ0v) is 14.4. The fourth-order valence-electron chi connectivity index (χ4n) is 2.55. The van der Waals surface area contributed by atoms with Crippen molar-refractivity contribution >= 4 is 17.8 Å². The molecule has 1 fully saturated rings. The predicted molar refractivity (Wildman–Crippen MR) is 84.8 cm³/mol. The lowest BCUT2D eigenvalue weighted by Crippen LogP contribution is -2.55. The van der Waals surface area contributed by atoms with Crippen molar-refractivity contribution in [2.45, 2.75) is 52.7 Å². The highest BCUT2D eigenvalue weighted by molar-refractivity contribution is 5.88. The molecular formula is C16H28N2O5. The molecule has 1 aliphatic heterocycles. The van der Waals surface area contributed by atoms with Crippen LogP contribution < -0.4 is 5.32 Å². The quantitative estimate of drug-likeness (QED) is 0.723. The number of carboxylic acid groups (broad SMARTS) is 1. The highest BCUT2D eigenvalue weighted by Crippen LogP contribution is 2.14. The third kappa shape index (κ3) is 6.56. The Morgan fingerprint density at radius 1 is 1.26 bits per heavy atom. The summed E-state index contributed by atoms with van der Waals surface area (Å²) in [6, 6.07) is -0.593. The topological polar surface area (TPSA) is 95.9 Å². The second-order valence-electron chi connectivity index (χ2n) is 6.76. The summed E-state index contributed by atoms with van der Waals surface area (Å²) in [5.41, 5.74) is 0. The minimum atomic E-state index is -0.949. The number of rotatable bonds is 7. The van der Waals surface area contributed by atoms with Crippen LogP contribution in [0, 0.1) is 11.8 Å². The monoisotopic (exact) mass is 328 g/mol. The molecule has 1 aliphatic rings. The summed E-state index contributed by atoms with van der Waals surface area (Å²) in [6.45, 7) is 8.64. The zero-order chi connectivity index (χ0) is 17.6. The van der Waals surface area contributed by atoms with Crippen LogP contribution in [0.5, 0.6) is 0 Å². The summed E-state index contributed by atoms with van der Waals surface area (Å²) in [6.07, 6.45) is -0.249. The first-order valence-corrected chi connectivity index (χ1v) is 8.12. The number of morpholine rings is 1. The van der Waals surface area contributed by atoms with Gasteiger partial charge < -0.3 is 20.1 Å². The third-order valence-corrected chi connectivity index (χ3v) is 3.70. The van der Waals surface area contributed by atoms with Crippen molar-refractivity contribution in [2.75, 3.05) is 19.7 Å². The van der Waals surface area contributed by atoms with Crippen LogP contribution in [0.15, 0.2) is 0 Å². The van der Waals surface area contributed by atoms with E-state index in [1.165, 1.54) is 0 Å². The number of carbonyl (C=O) groups is 3. The standard InChI is InChI=1S/C16H28N2O5/c1-10(2)7-13(19)17-15(11(3)4)16(22)18-5-6-23-12(9-18)8-14(20)21/h10-12,15H,5-9H2,1-4H3,(H,17,19)(H,20,21). The van der Waals surface area contributed by atoms with Crippen molar-refractivity contribution in [2.24, 2.45) is 11.8 Å². The summed E-state index contributed by atoms with van der Waals surface area (Å²) >= 11 is 0. The van der Waals surface area contributed by atoms with Gasteiger partial charge in [-0.2, -0.15) is 0 Å². The van der Waals surface area contributed by atoms with Gasteiger partial charge in [-0.3, -0.25) is 14.4 Å². The number of carbonyl (C=O) groups excluding carboxylic acids is 2. The highest BCUT2D eigenvalue weighted by Gasteiger charge is 2.32. The number of amides is 2. The van der Waals surface area contributed by atoms with E-state index in [4.69, 9.17) is 9.84 Å². The van der Waals surface area contributed by atoms with E-state index in [1.807, 2.05) is 27.7 Å². The molecule has 0 spiro atoms. The van der Waals surface area contributed by atoms with Gasteiger partial charge in [0.05, 0.1) is 19.1 Å². The summed E-state index contributed by atoms with van der Waals surface area (Å²) in [5, 5.41) is 11.7. The lowest BCUT2D eigenvalue weighted by molar-refractivity contribution is -0.149. The number of aliphatic carboxylic acids is 1. The van der Waals surface area contributed by atoms with Crippen LogP contribution >= 0.6 is 0 Å². The van der Waals surface area contributed by atoms with E-state index in [2.05, 4.69) is 5.32 Å². The molecular weight excluding hydrogens is 300 g/mol. The molecule has 7 heteroatoms. The molecule has 0 saturated carbocycles. The van der Waals surface area contributed by atoms with Crippen molar-refractivity contribution in [1.82, 2.24) is 10.2 Å². The number of ether oxygens (including phenoxy) is 1. The first kappa shape index (κ1) is 19.4. The fraction of sp³-hybridized carbons (Fsp3) is 0.812. The Morgan fingerprint density at radius 2 is 1.91 bits per heavy atom. The number of hydrogen-bond donors (Lipinski definition) is 2. The molecule has 0 aromatic heterocycles. The molecule has 1 saturated heterocycles. The van der Waals surface area contributed by atoms with E-state index < -0.39 is 18.1 Å². The summed E-state index contributed by atoms with van der Waals surface area (Å²) < 4.78 is 5.38. The van der Waals surface area contributed by atoms with Gasteiger partial charge >= 0.3 is 5.97 Å². The van der Waals surface area contributed by atoms with E-state index >= 15 is 0 Å². The van der Waals surface area contributed by atoms with Gasteiger partial charge in [0.2, 0.25) is 11.8 Å². The Bertz CT molecular complexity index is 436. The number of nitrogens with one attached hydrogen (secondary N) is 1. The van der Waals surface area contributed by atoms with Crippen LogP contribution in [0.1, 0.15) is 40.5 Å². The largest absolute Gasteiger partial charge is 0.481 e. The molecule has 0 bridgehead atoms. The first-order valence-electron chi connectivity index (χ1n) is 8.12.